The van der Waals surface area contributed by atoms with Crippen molar-refractivity contribution in [2.24, 2.45) is 0 Å². The normalized spacial score (nSPS) is 13.7. The third kappa shape index (κ3) is 44.1. The quantitative estimate of drug-likeness (QED) is 0.0364. The van der Waals surface area contributed by atoms with Gasteiger partial charge >= 0.3 is 0 Å². The van der Waals surface area contributed by atoms with Gasteiger partial charge in [0.1, 0.15) is 0 Å². The van der Waals surface area contributed by atoms with Crippen molar-refractivity contribution in [2.75, 3.05) is 6.61 Å². The Morgan fingerprint density at radius 1 is 0.431 bits per heavy atom. The first-order chi connectivity index (χ1) is 28.5. The van der Waals surface area contributed by atoms with E-state index in [9.17, 15) is 20.1 Å². The maximum atomic E-state index is 12.5. The number of carbonyl (C=O) groups excluding carboxylic acids is 1. The molecule has 0 bridgehead atoms. The molecule has 0 heterocycles. The molecule has 0 saturated carbocycles. The second-order valence-electron chi connectivity index (χ2n) is 17.8. The number of allylic oxidation sites excluding steroid dienone is 5. The van der Waals surface area contributed by atoms with Crippen LogP contribution in [-0.2, 0) is 4.79 Å². The van der Waals surface area contributed by atoms with Crippen molar-refractivity contribution < 1.29 is 20.1 Å². The van der Waals surface area contributed by atoms with Gasteiger partial charge in [-0.2, -0.15) is 0 Å². The molecule has 0 radical (unpaired) electrons. The van der Waals surface area contributed by atoms with E-state index in [4.69, 9.17) is 0 Å². The highest BCUT2D eigenvalue weighted by Crippen LogP contribution is 2.17. The zero-order chi connectivity index (χ0) is 42.3. The number of rotatable bonds is 47. The molecule has 0 aliphatic heterocycles. The number of carbonyl (C=O) groups is 1. The van der Waals surface area contributed by atoms with E-state index in [1.165, 1.54) is 205 Å². The number of hydrogen-bond donors (Lipinski definition) is 4. The van der Waals surface area contributed by atoms with E-state index in [-0.39, 0.29) is 18.9 Å². The third-order valence-corrected chi connectivity index (χ3v) is 11.9. The molecule has 0 aromatic heterocycles. The molecule has 0 saturated heterocycles. The van der Waals surface area contributed by atoms with Gasteiger partial charge in [0, 0.05) is 0 Å². The van der Waals surface area contributed by atoms with Gasteiger partial charge in [0.05, 0.1) is 31.3 Å². The fraction of sp³-hybridized carbons (Fsp3) is 0.868. The summed E-state index contributed by atoms with van der Waals surface area (Å²) in [6, 6.07) is -0.766. The number of aliphatic hydroxyl groups excluding tert-OH is 3. The molecule has 1 amide bonds. The van der Waals surface area contributed by atoms with E-state index in [0.29, 0.717) is 6.42 Å². The van der Waals surface area contributed by atoms with E-state index in [1.807, 2.05) is 6.08 Å². The average Bonchev–Trinajstić information content (AvgIpc) is 3.22. The lowest BCUT2D eigenvalue weighted by Gasteiger charge is -2.21. The highest BCUT2D eigenvalue weighted by Gasteiger charge is 2.20. The second-order valence-corrected chi connectivity index (χ2v) is 17.8. The van der Waals surface area contributed by atoms with Crippen LogP contribution in [0.1, 0.15) is 271 Å². The molecule has 0 aliphatic carbocycles. The summed E-state index contributed by atoms with van der Waals surface area (Å²) in [6.07, 6.45) is 61.8. The van der Waals surface area contributed by atoms with Crippen LogP contribution in [-0.4, -0.2) is 46.1 Å². The van der Waals surface area contributed by atoms with Crippen molar-refractivity contribution in [1.82, 2.24) is 5.32 Å². The first kappa shape index (κ1) is 56.6. The molecule has 0 aliphatic rings. The van der Waals surface area contributed by atoms with Gasteiger partial charge in [-0.25, -0.2) is 0 Å². The highest BCUT2D eigenvalue weighted by atomic mass is 16.3. The summed E-state index contributed by atoms with van der Waals surface area (Å²) >= 11 is 0. The summed E-state index contributed by atoms with van der Waals surface area (Å²) in [6.45, 7) is 4.21. The predicted octanol–water partition coefficient (Wildman–Crippen LogP) is 15.5. The lowest BCUT2D eigenvalue weighted by Crippen LogP contribution is -2.45. The van der Waals surface area contributed by atoms with Crippen molar-refractivity contribution in [3.8, 4) is 0 Å². The van der Waals surface area contributed by atoms with Crippen LogP contribution in [0.2, 0.25) is 0 Å². The maximum Gasteiger partial charge on any atom is 0.222 e. The van der Waals surface area contributed by atoms with Gasteiger partial charge in [0.25, 0.3) is 0 Å². The Hall–Kier alpha value is -1.43. The van der Waals surface area contributed by atoms with Crippen LogP contribution in [0.5, 0.6) is 0 Å². The summed E-state index contributed by atoms with van der Waals surface area (Å²) in [5.41, 5.74) is 0. The minimum atomic E-state index is -0.958. The van der Waals surface area contributed by atoms with Gasteiger partial charge in [-0.05, 0) is 44.9 Å². The molecule has 0 aromatic carbocycles. The first-order valence-electron chi connectivity index (χ1n) is 25.8. The summed E-state index contributed by atoms with van der Waals surface area (Å²) in [5, 5.41) is 33.3. The molecule has 5 heteroatoms. The Morgan fingerprint density at radius 2 is 0.741 bits per heavy atom. The van der Waals surface area contributed by atoms with Gasteiger partial charge in [-0.15, -0.1) is 0 Å². The van der Waals surface area contributed by atoms with Gasteiger partial charge < -0.3 is 20.6 Å². The topological polar surface area (TPSA) is 89.8 Å². The second kappa shape index (κ2) is 48.2. The highest BCUT2D eigenvalue weighted by molar-refractivity contribution is 5.76. The van der Waals surface area contributed by atoms with Crippen molar-refractivity contribution in [1.29, 1.82) is 0 Å². The van der Waals surface area contributed by atoms with E-state index in [0.717, 1.165) is 38.5 Å². The summed E-state index contributed by atoms with van der Waals surface area (Å²) < 4.78 is 0. The summed E-state index contributed by atoms with van der Waals surface area (Å²) in [4.78, 5) is 12.5. The number of aliphatic hydroxyl groups is 3. The fourth-order valence-corrected chi connectivity index (χ4v) is 7.96. The Labute approximate surface area is 362 Å². The summed E-state index contributed by atoms with van der Waals surface area (Å²) in [7, 11) is 0. The molecule has 5 nitrogen and oxygen atoms in total. The van der Waals surface area contributed by atoms with Gasteiger partial charge in [-0.3, -0.25) is 4.79 Å². The molecule has 58 heavy (non-hydrogen) atoms. The predicted molar refractivity (Wildman–Crippen MR) is 254 cm³/mol. The van der Waals surface area contributed by atoms with Crippen LogP contribution in [0.15, 0.2) is 36.5 Å². The first-order valence-corrected chi connectivity index (χ1v) is 25.8. The minimum absolute atomic E-state index is 0.00544. The van der Waals surface area contributed by atoms with Crippen LogP contribution < -0.4 is 5.32 Å². The third-order valence-electron chi connectivity index (χ3n) is 11.9. The Balaban J connectivity index is 3.60. The Morgan fingerprint density at radius 3 is 1.10 bits per heavy atom. The lowest BCUT2D eigenvalue weighted by molar-refractivity contribution is -0.124. The molecule has 0 aromatic rings. The average molecular weight is 816 g/mol. The standard InChI is InChI=1S/C53H101NO4/c1-3-5-7-9-11-13-15-17-19-21-22-23-24-25-26-27-28-29-31-32-34-36-38-40-42-44-46-50(56)48-53(58)54-51(49-55)52(57)47-45-43-41-39-37-35-33-30-20-18-16-14-12-10-8-6-4-2/h20,30,37,39,45,47,50-52,55-57H,3-19,21-29,31-36,38,40-44,46,48-49H2,1-2H3,(H,54,58)/b30-20+,39-37+,47-45+. The molecule has 0 spiro atoms. The lowest BCUT2D eigenvalue weighted by atomic mass is 10.0. The van der Waals surface area contributed by atoms with Crippen LogP contribution in [0.3, 0.4) is 0 Å². The van der Waals surface area contributed by atoms with Crippen molar-refractivity contribution in [3.05, 3.63) is 36.5 Å². The number of unbranched alkanes of at least 4 members (excludes halogenated alkanes) is 34. The van der Waals surface area contributed by atoms with E-state index >= 15 is 0 Å². The van der Waals surface area contributed by atoms with E-state index in [2.05, 4.69) is 43.5 Å². The molecule has 3 atom stereocenters. The zero-order valence-electron chi connectivity index (χ0n) is 38.9. The van der Waals surface area contributed by atoms with Crippen LogP contribution in [0.4, 0.5) is 0 Å². The smallest absolute Gasteiger partial charge is 0.222 e. The van der Waals surface area contributed by atoms with Crippen molar-refractivity contribution in [3.63, 3.8) is 0 Å². The van der Waals surface area contributed by atoms with Crippen molar-refractivity contribution in [2.45, 2.75) is 289 Å². The van der Waals surface area contributed by atoms with Gasteiger partial charge in [-0.1, -0.05) is 256 Å². The molecule has 3 unspecified atom stereocenters. The van der Waals surface area contributed by atoms with E-state index in [1.54, 1.807) is 6.08 Å². The monoisotopic (exact) mass is 816 g/mol. The minimum Gasteiger partial charge on any atom is -0.394 e. The van der Waals surface area contributed by atoms with Gasteiger partial charge in [0.15, 0.2) is 0 Å². The largest absolute Gasteiger partial charge is 0.394 e. The van der Waals surface area contributed by atoms with Crippen molar-refractivity contribution >= 4 is 5.91 Å². The number of nitrogens with one attached hydrogen (secondary N) is 1. The number of amides is 1. The maximum absolute atomic E-state index is 12.5. The van der Waals surface area contributed by atoms with Crippen LogP contribution in [0.25, 0.3) is 0 Å². The van der Waals surface area contributed by atoms with Gasteiger partial charge in [0.2, 0.25) is 5.91 Å². The Kier molecular flexibility index (Phi) is 47.0. The molecule has 0 fully saturated rings. The summed E-state index contributed by atoms with van der Waals surface area (Å²) in [5.74, 6) is -0.326. The Bertz CT molecular complexity index is 901. The SMILES string of the molecule is CCCCCCCCC/C=C/CC/C=C/CC/C=C/C(O)C(CO)NC(=O)CC(O)CCCCCCCCCCCCCCCCCCCCCCCCCCCC. The molecular weight excluding hydrogens is 715 g/mol. The molecular formula is C53H101NO4. The van der Waals surface area contributed by atoms with Crippen LogP contribution in [0, 0.1) is 0 Å². The number of hydrogen-bond acceptors (Lipinski definition) is 4. The fourth-order valence-electron chi connectivity index (χ4n) is 7.96. The molecule has 0 rings (SSSR count). The zero-order valence-corrected chi connectivity index (χ0v) is 38.9. The molecule has 4 N–H and O–H groups in total. The van der Waals surface area contributed by atoms with E-state index < -0.39 is 18.2 Å². The van der Waals surface area contributed by atoms with Crippen LogP contribution >= 0.6 is 0 Å². The molecule has 342 valence electrons.